The number of ketones is 1. The summed E-state index contributed by atoms with van der Waals surface area (Å²) in [6, 6.07) is 25.3. The molecule has 1 aliphatic heterocycles. The molecular formula is C28H22N4O4. The van der Waals surface area contributed by atoms with Crippen molar-refractivity contribution in [2.45, 2.75) is 24.7 Å². The van der Waals surface area contributed by atoms with E-state index in [1.54, 1.807) is 12.1 Å². The van der Waals surface area contributed by atoms with Gasteiger partial charge in [0.15, 0.2) is 5.78 Å². The lowest BCUT2D eigenvalue weighted by Crippen LogP contribution is -2.32. The maximum Gasteiger partial charge on any atom is 0.277 e. The molecule has 2 N–H and O–H groups in total. The van der Waals surface area contributed by atoms with Gasteiger partial charge >= 0.3 is 0 Å². The number of benzene rings is 3. The second-order valence-corrected chi connectivity index (χ2v) is 9.12. The number of nitrogens with zero attached hydrogens (tertiary/aromatic N) is 2. The van der Waals surface area contributed by atoms with Crippen molar-refractivity contribution < 1.29 is 9.72 Å². The topological polar surface area (TPSA) is 110 Å². The number of non-ortho nitro benzene ring substituents is 1. The van der Waals surface area contributed by atoms with Crippen LogP contribution < -0.4 is 10.9 Å². The van der Waals surface area contributed by atoms with E-state index in [2.05, 4.69) is 10.4 Å². The van der Waals surface area contributed by atoms with Crippen molar-refractivity contribution in [2.75, 3.05) is 5.32 Å². The molecule has 3 aromatic carbocycles. The van der Waals surface area contributed by atoms with E-state index in [4.69, 9.17) is 0 Å². The second kappa shape index (κ2) is 8.49. The van der Waals surface area contributed by atoms with Crippen molar-refractivity contribution in [1.82, 2.24) is 9.78 Å². The number of para-hydroxylation sites is 1. The van der Waals surface area contributed by atoms with Gasteiger partial charge in [0.1, 0.15) is 5.82 Å². The van der Waals surface area contributed by atoms with E-state index in [0.717, 1.165) is 11.3 Å². The maximum atomic E-state index is 13.7. The summed E-state index contributed by atoms with van der Waals surface area (Å²) < 4.78 is 1.44. The molecule has 2 atom stereocenters. The van der Waals surface area contributed by atoms with E-state index in [9.17, 15) is 19.7 Å². The molecule has 0 saturated carbocycles. The number of allylic oxidation sites excluding steroid dienone is 2. The normalized spacial score (nSPS) is 18.8. The molecular weight excluding hydrogens is 456 g/mol. The summed E-state index contributed by atoms with van der Waals surface area (Å²) in [4.78, 5) is 38.4. The number of rotatable bonds is 4. The van der Waals surface area contributed by atoms with Crippen molar-refractivity contribution in [3.63, 3.8) is 0 Å². The molecule has 8 nitrogen and oxygen atoms in total. The number of anilines is 1. The van der Waals surface area contributed by atoms with Crippen LogP contribution in [0, 0.1) is 10.1 Å². The summed E-state index contributed by atoms with van der Waals surface area (Å²) in [5.41, 5.74) is 3.52. The number of aromatic amines is 1. The molecule has 0 radical (unpaired) electrons. The van der Waals surface area contributed by atoms with E-state index in [1.807, 2.05) is 60.7 Å². The number of fused-ring (bicyclic) bond motifs is 1. The predicted octanol–water partition coefficient (Wildman–Crippen LogP) is 5.03. The molecule has 178 valence electrons. The first-order valence-corrected chi connectivity index (χ1v) is 11.7. The Bertz CT molecular complexity index is 1580. The fraction of sp³-hybridized carbons (Fsp3) is 0.143. The number of nitro groups is 1. The highest BCUT2D eigenvalue weighted by atomic mass is 16.6. The van der Waals surface area contributed by atoms with Gasteiger partial charge in [-0.25, -0.2) is 4.68 Å². The number of nitrogens with one attached hydrogen (secondary N) is 2. The molecule has 1 aliphatic carbocycles. The summed E-state index contributed by atoms with van der Waals surface area (Å²) in [5.74, 6) is -0.276. The first kappa shape index (κ1) is 21.8. The van der Waals surface area contributed by atoms with Crippen LogP contribution in [0.15, 0.2) is 101 Å². The van der Waals surface area contributed by atoms with E-state index in [-0.39, 0.29) is 22.9 Å². The molecule has 1 aromatic heterocycles. The second-order valence-electron chi connectivity index (χ2n) is 9.12. The van der Waals surface area contributed by atoms with Crippen molar-refractivity contribution in [2.24, 2.45) is 0 Å². The van der Waals surface area contributed by atoms with Crippen LogP contribution in [0.4, 0.5) is 11.5 Å². The molecule has 8 heteroatoms. The maximum absolute atomic E-state index is 13.7. The minimum Gasteiger partial charge on any atom is -0.343 e. The van der Waals surface area contributed by atoms with E-state index < -0.39 is 10.8 Å². The largest absolute Gasteiger partial charge is 0.343 e. The summed E-state index contributed by atoms with van der Waals surface area (Å²) in [7, 11) is 0. The van der Waals surface area contributed by atoms with Gasteiger partial charge in [-0.05, 0) is 35.6 Å². The molecule has 0 bridgehead atoms. The van der Waals surface area contributed by atoms with Gasteiger partial charge in [-0.2, -0.15) is 0 Å². The van der Waals surface area contributed by atoms with Gasteiger partial charge in [0.2, 0.25) is 0 Å². The van der Waals surface area contributed by atoms with Crippen LogP contribution in [-0.2, 0) is 4.79 Å². The number of H-pyrrole nitrogens is 1. The Balaban J connectivity index is 1.54. The highest BCUT2D eigenvalue weighted by molar-refractivity contribution is 6.01. The Morgan fingerprint density at radius 3 is 2.28 bits per heavy atom. The predicted molar refractivity (Wildman–Crippen MR) is 135 cm³/mol. The van der Waals surface area contributed by atoms with Gasteiger partial charge < -0.3 is 5.32 Å². The molecule has 0 unspecified atom stereocenters. The number of carbonyl (C=O) groups is 1. The highest BCUT2D eigenvalue weighted by Crippen LogP contribution is 2.47. The third-order valence-corrected chi connectivity index (χ3v) is 6.99. The Hall–Kier alpha value is -4.72. The molecule has 2 heterocycles. The summed E-state index contributed by atoms with van der Waals surface area (Å²) in [5, 5.41) is 18.0. The van der Waals surface area contributed by atoms with Gasteiger partial charge in [-0.1, -0.05) is 60.7 Å². The molecule has 2 aliphatic rings. The zero-order valence-corrected chi connectivity index (χ0v) is 19.2. The van der Waals surface area contributed by atoms with E-state index in [1.165, 1.54) is 16.8 Å². The summed E-state index contributed by atoms with van der Waals surface area (Å²) in [6.07, 6.45) is 0.900. The first-order valence-electron chi connectivity index (χ1n) is 11.7. The third-order valence-electron chi connectivity index (χ3n) is 6.99. The van der Waals surface area contributed by atoms with Gasteiger partial charge in [0, 0.05) is 35.7 Å². The average molecular weight is 479 g/mol. The van der Waals surface area contributed by atoms with Gasteiger partial charge in [-0.3, -0.25) is 24.8 Å². The lowest BCUT2D eigenvalue weighted by molar-refractivity contribution is -0.384. The Morgan fingerprint density at radius 1 is 0.861 bits per heavy atom. The number of hydrogen-bond acceptors (Lipinski definition) is 5. The molecule has 4 aromatic rings. The van der Waals surface area contributed by atoms with E-state index >= 15 is 0 Å². The molecule has 0 amide bonds. The standard InChI is InChI=1S/C28H22N4O4/c33-23-16-19(17-8-3-1-4-9-17)15-22-25(23)24(18-10-7-13-21(14-18)32(35)36)26-27(29-22)30-31(28(26)34)20-11-5-2-6-12-20/h1-14,19,24,29-30H,15-16H2/t19-,24+/m0/s1. The molecule has 36 heavy (non-hydrogen) atoms. The SMILES string of the molecule is O=C1C[C@@H](c2ccccc2)CC2=C1[C@@H](c1cccc([N+](=O)[O-])c1)c1c([nH]n(-c3ccccc3)c1=O)N2. The Labute approximate surface area is 206 Å². The number of carbonyl (C=O) groups excluding carboxylic acids is 1. The minimum atomic E-state index is -0.714. The number of nitro benzene ring substituents is 1. The Kier molecular flexibility index (Phi) is 5.14. The van der Waals surface area contributed by atoms with Crippen LogP contribution in [0.1, 0.15) is 41.4 Å². The van der Waals surface area contributed by atoms with Gasteiger partial charge in [0.25, 0.3) is 11.2 Å². The fourth-order valence-corrected chi connectivity index (χ4v) is 5.36. The molecule has 6 rings (SSSR count). The number of Topliss-reactive ketones (excluding diaryl/α,β-unsaturated/α-hetero) is 1. The zero-order chi connectivity index (χ0) is 24.8. The monoisotopic (exact) mass is 478 g/mol. The van der Waals surface area contributed by atoms with Crippen LogP contribution in [0.2, 0.25) is 0 Å². The smallest absolute Gasteiger partial charge is 0.277 e. The van der Waals surface area contributed by atoms with E-state index in [0.29, 0.717) is 41.0 Å². The average Bonchev–Trinajstić information content (AvgIpc) is 3.24. The lowest BCUT2D eigenvalue weighted by Gasteiger charge is -2.34. The van der Waals surface area contributed by atoms with Crippen LogP contribution in [-0.4, -0.2) is 20.5 Å². The number of aromatic nitrogens is 2. The zero-order valence-electron chi connectivity index (χ0n) is 19.2. The summed E-state index contributed by atoms with van der Waals surface area (Å²) in [6.45, 7) is 0. The fourth-order valence-electron chi connectivity index (χ4n) is 5.36. The Morgan fingerprint density at radius 2 is 1.56 bits per heavy atom. The first-order chi connectivity index (χ1) is 17.5. The van der Waals surface area contributed by atoms with Crippen LogP contribution >= 0.6 is 0 Å². The summed E-state index contributed by atoms with van der Waals surface area (Å²) >= 11 is 0. The van der Waals surface area contributed by atoms with Crippen molar-refractivity contribution >= 4 is 17.3 Å². The van der Waals surface area contributed by atoms with Crippen LogP contribution in [0.3, 0.4) is 0 Å². The number of hydrogen-bond donors (Lipinski definition) is 2. The van der Waals surface area contributed by atoms with Crippen LogP contribution in [0.25, 0.3) is 5.69 Å². The third kappa shape index (κ3) is 3.54. The van der Waals surface area contributed by atoms with Crippen molar-refractivity contribution in [1.29, 1.82) is 0 Å². The molecule has 0 saturated heterocycles. The van der Waals surface area contributed by atoms with Crippen molar-refractivity contribution in [3.05, 3.63) is 133 Å². The molecule has 0 fully saturated rings. The minimum absolute atomic E-state index is 0.000176. The molecule has 0 spiro atoms. The van der Waals surface area contributed by atoms with Crippen molar-refractivity contribution in [3.8, 4) is 5.69 Å². The quantitative estimate of drug-likeness (QED) is 0.316. The van der Waals surface area contributed by atoms with Gasteiger partial charge in [-0.15, -0.1) is 0 Å². The van der Waals surface area contributed by atoms with Crippen LogP contribution in [0.5, 0.6) is 0 Å². The highest BCUT2D eigenvalue weighted by Gasteiger charge is 2.41. The lowest BCUT2D eigenvalue weighted by atomic mass is 9.73. The van der Waals surface area contributed by atoms with Gasteiger partial charge in [0.05, 0.1) is 16.2 Å².